The molecule has 0 radical (unpaired) electrons. The van der Waals surface area contributed by atoms with Gasteiger partial charge in [-0.05, 0) is 37.6 Å². The molecule has 1 heterocycles. The number of nitrogens with zero attached hydrogens (tertiary/aromatic N) is 1. The number of carbonyl (C=O) groups is 2. The van der Waals surface area contributed by atoms with Gasteiger partial charge in [-0.3, -0.25) is 9.59 Å². The van der Waals surface area contributed by atoms with Gasteiger partial charge in [-0.15, -0.1) is 0 Å². The van der Waals surface area contributed by atoms with E-state index in [4.69, 9.17) is 9.84 Å². The predicted octanol–water partition coefficient (Wildman–Crippen LogP) is 0.993. The molecular formula is C15H19NO5. The minimum absolute atomic E-state index is 0.0447. The summed E-state index contributed by atoms with van der Waals surface area (Å²) in [5.41, 5.74) is 0.499. The van der Waals surface area contributed by atoms with Crippen molar-refractivity contribution in [3.63, 3.8) is 0 Å². The third-order valence-corrected chi connectivity index (χ3v) is 3.60. The molecule has 6 heteroatoms. The number of amides is 1. The molecule has 1 fully saturated rings. The van der Waals surface area contributed by atoms with Crippen molar-refractivity contribution in [2.45, 2.75) is 19.4 Å². The van der Waals surface area contributed by atoms with E-state index in [1.54, 1.807) is 24.3 Å². The summed E-state index contributed by atoms with van der Waals surface area (Å²) in [6, 6.07) is 6.78. The number of carbonyl (C=O) groups excluding carboxylic acids is 1. The average molecular weight is 293 g/mol. The largest absolute Gasteiger partial charge is 0.494 e. The van der Waals surface area contributed by atoms with E-state index < -0.39 is 18.0 Å². The zero-order valence-corrected chi connectivity index (χ0v) is 11.9. The number of hydrogen-bond donors (Lipinski definition) is 2. The third-order valence-electron chi connectivity index (χ3n) is 3.60. The van der Waals surface area contributed by atoms with E-state index >= 15 is 0 Å². The summed E-state index contributed by atoms with van der Waals surface area (Å²) in [5.74, 6) is -1.33. The molecule has 0 aliphatic carbocycles. The van der Waals surface area contributed by atoms with Crippen LogP contribution in [0.1, 0.15) is 23.7 Å². The highest BCUT2D eigenvalue weighted by Gasteiger charge is 2.34. The smallest absolute Gasteiger partial charge is 0.309 e. The fraction of sp³-hybridized carbons (Fsp3) is 0.467. The maximum absolute atomic E-state index is 12.3. The highest BCUT2D eigenvalue weighted by molar-refractivity contribution is 5.94. The van der Waals surface area contributed by atoms with Gasteiger partial charge in [0.1, 0.15) is 5.75 Å². The van der Waals surface area contributed by atoms with Gasteiger partial charge >= 0.3 is 5.97 Å². The third kappa shape index (κ3) is 3.52. The fourth-order valence-corrected chi connectivity index (χ4v) is 2.45. The number of ether oxygens (including phenoxy) is 1. The van der Waals surface area contributed by atoms with Crippen LogP contribution in [0, 0.1) is 5.92 Å². The number of rotatable bonds is 4. The maximum atomic E-state index is 12.3. The number of hydrogen-bond acceptors (Lipinski definition) is 4. The molecule has 2 atom stereocenters. The van der Waals surface area contributed by atoms with Crippen LogP contribution >= 0.6 is 0 Å². The number of piperidine rings is 1. The standard InChI is InChI=1S/C15H19NO5/c1-2-21-11-5-3-10(4-6-11)14(18)16-8-7-12(15(19)20)13(17)9-16/h3-6,12-13,17H,2,7-9H2,1H3,(H,19,20)/t12-,13+/m0/s1. The molecular weight excluding hydrogens is 274 g/mol. The van der Waals surface area contributed by atoms with E-state index in [0.717, 1.165) is 0 Å². The summed E-state index contributed by atoms with van der Waals surface area (Å²) in [7, 11) is 0. The Morgan fingerprint density at radius 1 is 1.33 bits per heavy atom. The molecule has 0 aromatic heterocycles. The number of aliphatic hydroxyl groups is 1. The lowest BCUT2D eigenvalue weighted by atomic mass is 9.93. The number of aliphatic hydroxyl groups excluding tert-OH is 1. The van der Waals surface area contributed by atoms with Gasteiger partial charge in [-0.2, -0.15) is 0 Å². The molecule has 0 saturated carbocycles. The lowest BCUT2D eigenvalue weighted by Gasteiger charge is -2.34. The van der Waals surface area contributed by atoms with E-state index in [0.29, 0.717) is 24.5 Å². The van der Waals surface area contributed by atoms with Crippen molar-refractivity contribution in [3.8, 4) is 5.75 Å². The minimum atomic E-state index is -1.03. The van der Waals surface area contributed by atoms with E-state index in [2.05, 4.69) is 0 Å². The second-order valence-corrected chi connectivity index (χ2v) is 5.01. The van der Waals surface area contributed by atoms with Crippen LogP contribution in [0.5, 0.6) is 5.75 Å². The van der Waals surface area contributed by atoms with Gasteiger partial charge in [0, 0.05) is 18.7 Å². The summed E-state index contributed by atoms with van der Waals surface area (Å²) >= 11 is 0. The van der Waals surface area contributed by atoms with Crippen molar-refractivity contribution in [2.24, 2.45) is 5.92 Å². The minimum Gasteiger partial charge on any atom is -0.494 e. The molecule has 1 aliphatic rings. The lowest BCUT2D eigenvalue weighted by molar-refractivity contribution is -0.148. The summed E-state index contributed by atoms with van der Waals surface area (Å²) in [6.45, 7) is 2.82. The molecule has 21 heavy (non-hydrogen) atoms. The number of likely N-dealkylation sites (tertiary alicyclic amines) is 1. The van der Waals surface area contributed by atoms with Crippen molar-refractivity contribution in [1.82, 2.24) is 4.90 Å². The van der Waals surface area contributed by atoms with Crippen LogP contribution in [0.2, 0.25) is 0 Å². The number of benzene rings is 1. The van der Waals surface area contributed by atoms with Crippen LogP contribution in [0.15, 0.2) is 24.3 Å². The summed E-state index contributed by atoms with van der Waals surface area (Å²) in [5, 5.41) is 18.8. The van der Waals surface area contributed by atoms with Gasteiger partial charge in [-0.1, -0.05) is 0 Å². The van der Waals surface area contributed by atoms with E-state index in [1.165, 1.54) is 4.90 Å². The van der Waals surface area contributed by atoms with Crippen LogP contribution < -0.4 is 4.74 Å². The Morgan fingerprint density at radius 2 is 2.00 bits per heavy atom. The number of β-amino-alcohol motifs (C(OH)–C–C–N with tert-alkyl or cyclic N) is 1. The van der Waals surface area contributed by atoms with Gasteiger partial charge in [0.25, 0.3) is 5.91 Å². The molecule has 1 aromatic rings. The first-order valence-electron chi connectivity index (χ1n) is 6.96. The first-order chi connectivity index (χ1) is 10.0. The summed E-state index contributed by atoms with van der Waals surface area (Å²) in [4.78, 5) is 24.7. The molecule has 0 spiro atoms. The highest BCUT2D eigenvalue weighted by Crippen LogP contribution is 2.21. The van der Waals surface area contributed by atoms with Gasteiger partial charge in [0.15, 0.2) is 0 Å². The number of carboxylic acids is 1. The second-order valence-electron chi connectivity index (χ2n) is 5.01. The molecule has 0 bridgehead atoms. The summed E-state index contributed by atoms with van der Waals surface area (Å²) in [6.07, 6.45) is -0.762. The van der Waals surface area contributed by atoms with Gasteiger partial charge in [0.2, 0.25) is 0 Å². The van der Waals surface area contributed by atoms with Crippen molar-refractivity contribution >= 4 is 11.9 Å². The SMILES string of the molecule is CCOc1ccc(C(=O)N2CC[C@H](C(=O)O)[C@H](O)C2)cc1. The Balaban J connectivity index is 2.02. The van der Waals surface area contributed by atoms with Crippen molar-refractivity contribution in [2.75, 3.05) is 19.7 Å². The fourth-order valence-electron chi connectivity index (χ4n) is 2.45. The van der Waals surface area contributed by atoms with Crippen LogP contribution in [0.25, 0.3) is 0 Å². The molecule has 6 nitrogen and oxygen atoms in total. The van der Waals surface area contributed by atoms with Gasteiger partial charge in [-0.25, -0.2) is 0 Å². The second kappa shape index (κ2) is 6.58. The first kappa shape index (κ1) is 15.3. The van der Waals surface area contributed by atoms with E-state index in [1.807, 2.05) is 6.92 Å². The molecule has 1 aromatic carbocycles. The first-order valence-corrected chi connectivity index (χ1v) is 6.96. The number of aliphatic carboxylic acids is 1. The Bertz CT molecular complexity index is 513. The summed E-state index contributed by atoms with van der Waals surface area (Å²) < 4.78 is 5.31. The molecule has 114 valence electrons. The van der Waals surface area contributed by atoms with E-state index in [9.17, 15) is 14.7 Å². The molecule has 1 amide bonds. The van der Waals surface area contributed by atoms with Crippen LogP contribution in [0.3, 0.4) is 0 Å². The molecule has 1 saturated heterocycles. The Hall–Kier alpha value is -2.08. The van der Waals surface area contributed by atoms with Gasteiger partial charge < -0.3 is 19.8 Å². The van der Waals surface area contributed by atoms with Crippen LogP contribution in [0.4, 0.5) is 0 Å². The lowest BCUT2D eigenvalue weighted by Crippen LogP contribution is -2.48. The van der Waals surface area contributed by atoms with Crippen molar-refractivity contribution in [3.05, 3.63) is 29.8 Å². The Labute approximate surface area is 122 Å². The quantitative estimate of drug-likeness (QED) is 0.864. The zero-order valence-electron chi connectivity index (χ0n) is 11.9. The zero-order chi connectivity index (χ0) is 15.4. The molecule has 2 N–H and O–H groups in total. The van der Waals surface area contributed by atoms with Crippen LogP contribution in [-0.4, -0.2) is 52.8 Å². The van der Waals surface area contributed by atoms with Crippen molar-refractivity contribution < 1.29 is 24.5 Å². The topological polar surface area (TPSA) is 87.1 Å². The van der Waals surface area contributed by atoms with E-state index in [-0.39, 0.29) is 18.9 Å². The average Bonchev–Trinajstić information content (AvgIpc) is 2.47. The Morgan fingerprint density at radius 3 is 2.52 bits per heavy atom. The molecule has 2 rings (SSSR count). The molecule has 1 aliphatic heterocycles. The highest BCUT2D eigenvalue weighted by atomic mass is 16.5. The van der Waals surface area contributed by atoms with Crippen molar-refractivity contribution in [1.29, 1.82) is 0 Å². The Kier molecular flexibility index (Phi) is 4.80. The monoisotopic (exact) mass is 293 g/mol. The maximum Gasteiger partial charge on any atom is 0.309 e. The van der Waals surface area contributed by atoms with Crippen LogP contribution in [-0.2, 0) is 4.79 Å². The normalized spacial score (nSPS) is 21.9. The predicted molar refractivity (Wildman–Crippen MR) is 75.3 cm³/mol. The number of carboxylic acid groups (broad SMARTS) is 1. The molecule has 0 unspecified atom stereocenters. The van der Waals surface area contributed by atoms with Gasteiger partial charge in [0.05, 0.1) is 18.6 Å².